The van der Waals surface area contributed by atoms with E-state index in [1.54, 1.807) is 11.8 Å². The Labute approximate surface area is 179 Å². The first kappa shape index (κ1) is 20.9. The maximum Gasteiger partial charge on any atom is 0.341 e. The number of carboxylic acid groups (broad SMARTS) is 1. The summed E-state index contributed by atoms with van der Waals surface area (Å²) in [6, 6.07) is 5.47. The van der Waals surface area contributed by atoms with Gasteiger partial charge in [-0.25, -0.2) is 4.79 Å². The van der Waals surface area contributed by atoms with E-state index in [1.165, 1.54) is 12.3 Å². The number of aryl methyl sites for hydroxylation is 4. The summed E-state index contributed by atoms with van der Waals surface area (Å²) in [5, 5.41) is 13.8. The second-order valence-electron chi connectivity index (χ2n) is 7.69. The number of rotatable bonds is 7. The van der Waals surface area contributed by atoms with Gasteiger partial charge < -0.3 is 19.1 Å². The highest BCUT2D eigenvalue weighted by molar-refractivity contribution is 5.88. The summed E-state index contributed by atoms with van der Waals surface area (Å²) in [7, 11) is 3.54. The summed E-state index contributed by atoms with van der Waals surface area (Å²) in [6.07, 6.45) is 4.87. The molecule has 0 spiro atoms. The molecule has 31 heavy (non-hydrogen) atoms. The van der Waals surface area contributed by atoms with E-state index in [-0.39, 0.29) is 5.56 Å². The molecule has 0 saturated carbocycles. The minimum absolute atomic E-state index is 0.214. The molecule has 1 aliphatic rings. The van der Waals surface area contributed by atoms with E-state index in [0.29, 0.717) is 31.9 Å². The fourth-order valence-corrected chi connectivity index (χ4v) is 4.04. The number of ether oxygens (including phenoxy) is 2. The van der Waals surface area contributed by atoms with E-state index in [2.05, 4.69) is 5.10 Å². The van der Waals surface area contributed by atoms with Crippen LogP contribution in [0, 0.1) is 6.92 Å². The van der Waals surface area contributed by atoms with Crippen LogP contribution in [-0.2, 0) is 24.8 Å². The molecule has 1 aliphatic heterocycles. The van der Waals surface area contributed by atoms with E-state index in [9.17, 15) is 14.7 Å². The van der Waals surface area contributed by atoms with Crippen molar-refractivity contribution in [2.75, 3.05) is 20.3 Å². The molecule has 0 amide bonds. The number of pyridine rings is 1. The minimum Gasteiger partial charge on any atom is -0.493 e. The summed E-state index contributed by atoms with van der Waals surface area (Å²) in [4.78, 5) is 23.8. The molecule has 8 heteroatoms. The van der Waals surface area contributed by atoms with Crippen molar-refractivity contribution in [3.8, 4) is 28.1 Å². The smallest absolute Gasteiger partial charge is 0.341 e. The van der Waals surface area contributed by atoms with Crippen LogP contribution in [0.1, 0.15) is 28.0 Å². The van der Waals surface area contributed by atoms with E-state index < -0.39 is 11.4 Å². The van der Waals surface area contributed by atoms with Crippen molar-refractivity contribution in [3.63, 3.8) is 0 Å². The topological polar surface area (TPSA) is 95.6 Å². The highest BCUT2D eigenvalue weighted by Crippen LogP contribution is 2.40. The van der Waals surface area contributed by atoms with E-state index in [4.69, 9.17) is 9.47 Å². The molecule has 0 unspecified atom stereocenters. The number of nitrogens with zero attached hydrogens (tertiary/aromatic N) is 3. The molecule has 0 fully saturated rings. The molecular weight excluding hydrogens is 398 g/mol. The molecule has 2 aromatic heterocycles. The van der Waals surface area contributed by atoms with Crippen LogP contribution in [0.25, 0.3) is 22.4 Å². The van der Waals surface area contributed by atoms with Gasteiger partial charge in [0.15, 0.2) is 5.43 Å². The maximum atomic E-state index is 12.4. The van der Waals surface area contributed by atoms with Crippen molar-refractivity contribution >= 4 is 5.97 Å². The average Bonchev–Trinajstić information content (AvgIpc) is 3.07. The van der Waals surface area contributed by atoms with Gasteiger partial charge in [0.2, 0.25) is 0 Å². The fraction of sp³-hybridized carbons (Fsp3) is 0.348. The standard InChI is InChI=1S/C23H25N3O5/c1-14-18(12-25(2)24-14)17-10-16-15(9-22(17)31-8-4-7-30-3)5-6-26-13-19(23(28)29)21(27)11-20(16)26/h9-13H,4-8H2,1-3H3,(H,28,29). The highest BCUT2D eigenvalue weighted by atomic mass is 16.5. The summed E-state index contributed by atoms with van der Waals surface area (Å²) in [5.41, 5.74) is 4.69. The number of carbonyl (C=O) groups is 1. The van der Waals surface area contributed by atoms with Crippen molar-refractivity contribution in [2.45, 2.75) is 26.3 Å². The Morgan fingerprint density at radius 3 is 2.65 bits per heavy atom. The number of hydrogen-bond donors (Lipinski definition) is 1. The number of benzene rings is 1. The molecule has 0 saturated heterocycles. The zero-order valence-electron chi connectivity index (χ0n) is 17.8. The number of carboxylic acids is 1. The van der Waals surface area contributed by atoms with E-state index in [0.717, 1.165) is 40.1 Å². The highest BCUT2D eigenvalue weighted by Gasteiger charge is 2.23. The number of hydrogen-bond acceptors (Lipinski definition) is 5. The molecule has 3 aromatic rings. The van der Waals surface area contributed by atoms with Crippen LogP contribution >= 0.6 is 0 Å². The Balaban J connectivity index is 1.85. The van der Waals surface area contributed by atoms with Gasteiger partial charge in [-0.05, 0) is 31.0 Å². The Morgan fingerprint density at radius 1 is 1.16 bits per heavy atom. The van der Waals surface area contributed by atoms with Crippen LogP contribution in [0.5, 0.6) is 5.75 Å². The molecule has 0 bridgehead atoms. The Bertz CT molecular complexity index is 1210. The minimum atomic E-state index is -1.21. The van der Waals surface area contributed by atoms with Crippen molar-refractivity contribution in [3.05, 3.63) is 57.6 Å². The van der Waals surface area contributed by atoms with Crippen molar-refractivity contribution < 1.29 is 19.4 Å². The van der Waals surface area contributed by atoms with E-state index >= 15 is 0 Å². The largest absolute Gasteiger partial charge is 0.493 e. The van der Waals surface area contributed by atoms with Gasteiger partial charge in [0.25, 0.3) is 0 Å². The fourth-order valence-electron chi connectivity index (χ4n) is 4.04. The molecule has 0 radical (unpaired) electrons. The third-order valence-electron chi connectivity index (χ3n) is 5.52. The van der Waals surface area contributed by atoms with Gasteiger partial charge in [0, 0.05) is 68.9 Å². The molecular formula is C23H25N3O5. The second-order valence-corrected chi connectivity index (χ2v) is 7.69. The zero-order valence-corrected chi connectivity index (χ0v) is 17.8. The first-order valence-corrected chi connectivity index (χ1v) is 10.2. The summed E-state index contributed by atoms with van der Waals surface area (Å²) in [6.45, 7) is 3.68. The van der Waals surface area contributed by atoms with Gasteiger partial charge >= 0.3 is 5.97 Å². The van der Waals surface area contributed by atoms with Gasteiger partial charge in [-0.15, -0.1) is 0 Å². The van der Waals surface area contributed by atoms with Gasteiger partial charge in [-0.3, -0.25) is 9.48 Å². The zero-order chi connectivity index (χ0) is 22.1. The van der Waals surface area contributed by atoms with Crippen LogP contribution in [-0.4, -0.2) is 45.7 Å². The molecule has 1 aromatic carbocycles. The first-order valence-electron chi connectivity index (χ1n) is 10.2. The average molecular weight is 423 g/mol. The van der Waals surface area contributed by atoms with Crippen LogP contribution in [0.2, 0.25) is 0 Å². The van der Waals surface area contributed by atoms with Crippen LogP contribution in [0.4, 0.5) is 0 Å². The monoisotopic (exact) mass is 423 g/mol. The summed E-state index contributed by atoms with van der Waals surface area (Å²) >= 11 is 0. The first-order chi connectivity index (χ1) is 14.9. The summed E-state index contributed by atoms with van der Waals surface area (Å²) < 4.78 is 14.8. The van der Waals surface area contributed by atoms with Crippen molar-refractivity contribution in [1.82, 2.24) is 14.3 Å². The lowest BCUT2D eigenvalue weighted by Crippen LogP contribution is -2.22. The van der Waals surface area contributed by atoms with Crippen molar-refractivity contribution in [2.24, 2.45) is 7.05 Å². The van der Waals surface area contributed by atoms with Gasteiger partial charge in [0.05, 0.1) is 18.0 Å². The maximum absolute atomic E-state index is 12.4. The predicted molar refractivity (Wildman–Crippen MR) is 116 cm³/mol. The Hall–Kier alpha value is -3.39. The SMILES string of the molecule is COCCCOc1cc2c(cc1-c1cn(C)nc1C)-c1cc(=O)c(C(=O)O)cn1CC2. The quantitative estimate of drug-likeness (QED) is 0.587. The van der Waals surface area contributed by atoms with Crippen LogP contribution in [0.3, 0.4) is 0 Å². The third kappa shape index (κ3) is 3.98. The normalized spacial score (nSPS) is 12.4. The number of aromatic carboxylic acids is 1. The van der Waals surface area contributed by atoms with Gasteiger partial charge in [-0.2, -0.15) is 5.10 Å². The molecule has 4 rings (SSSR count). The lowest BCUT2D eigenvalue weighted by Gasteiger charge is -2.25. The Kier molecular flexibility index (Phi) is 5.65. The van der Waals surface area contributed by atoms with Crippen LogP contribution in [0.15, 0.2) is 35.4 Å². The Morgan fingerprint density at radius 2 is 1.97 bits per heavy atom. The predicted octanol–water partition coefficient (Wildman–Crippen LogP) is 2.89. The molecule has 1 N–H and O–H groups in total. The van der Waals surface area contributed by atoms with E-state index in [1.807, 2.05) is 36.9 Å². The van der Waals surface area contributed by atoms with Gasteiger partial charge in [-0.1, -0.05) is 0 Å². The number of methoxy groups -OCH3 is 1. The second kappa shape index (κ2) is 8.39. The van der Waals surface area contributed by atoms with Gasteiger partial charge in [0.1, 0.15) is 11.3 Å². The number of fused-ring (bicyclic) bond motifs is 3. The molecule has 3 heterocycles. The lowest BCUT2D eigenvalue weighted by molar-refractivity contribution is 0.0694. The number of aromatic nitrogens is 3. The van der Waals surface area contributed by atoms with Crippen LogP contribution < -0.4 is 10.2 Å². The molecule has 0 atom stereocenters. The lowest BCUT2D eigenvalue weighted by atomic mass is 9.92. The third-order valence-corrected chi connectivity index (χ3v) is 5.52. The summed E-state index contributed by atoms with van der Waals surface area (Å²) in [5.74, 6) is -0.443. The van der Waals surface area contributed by atoms with Crippen molar-refractivity contribution in [1.29, 1.82) is 0 Å². The molecule has 162 valence electrons. The molecule has 0 aliphatic carbocycles. The molecule has 8 nitrogen and oxygen atoms in total.